The van der Waals surface area contributed by atoms with E-state index < -0.39 is 0 Å². The van der Waals surface area contributed by atoms with Gasteiger partial charge in [-0.15, -0.1) is 0 Å². The van der Waals surface area contributed by atoms with E-state index in [1.165, 1.54) is 0 Å². The van der Waals surface area contributed by atoms with Crippen LogP contribution in [0.4, 0.5) is 5.69 Å². The number of para-hydroxylation sites is 1. The van der Waals surface area contributed by atoms with Crippen molar-refractivity contribution in [3.63, 3.8) is 0 Å². The quantitative estimate of drug-likeness (QED) is 0.490. The van der Waals surface area contributed by atoms with Crippen molar-refractivity contribution in [1.29, 1.82) is 0 Å². The molecule has 0 unspecified atom stereocenters. The molecule has 0 fully saturated rings. The first-order valence-corrected chi connectivity index (χ1v) is 7.99. The van der Waals surface area contributed by atoms with Crippen molar-refractivity contribution >= 4 is 16.6 Å². The van der Waals surface area contributed by atoms with Crippen molar-refractivity contribution < 1.29 is 17.0 Å². The smallest absolute Gasteiger partial charge is 0.336 e. The fourth-order valence-corrected chi connectivity index (χ4v) is 2.97. The van der Waals surface area contributed by atoms with Crippen molar-refractivity contribution in [2.24, 2.45) is 0 Å². The molecule has 0 aliphatic rings. The van der Waals surface area contributed by atoms with Gasteiger partial charge in [-0.1, -0.05) is 18.2 Å². The van der Waals surface area contributed by atoms with Crippen LogP contribution >= 0.6 is 0 Å². The predicted molar refractivity (Wildman–Crippen MR) is 98.0 cm³/mol. The van der Waals surface area contributed by atoms with Crippen LogP contribution in [0.1, 0.15) is 5.56 Å². The van der Waals surface area contributed by atoms with Crippen molar-refractivity contribution in [2.45, 2.75) is 6.92 Å². The van der Waals surface area contributed by atoms with Crippen molar-refractivity contribution in [1.82, 2.24) is 9.55 Å². The Labute approximate surface area is 156 Å². The average Bonchev–Trinajstić information content (AvgIpc) is 2.64. The largest absolute Gasteiger partial charge is 1.00 e. The fraction of sp³-hybridized carbons (Fsp3) is 0.0500. The Morgan fingerprint density at radius 1 is 1.04 bits per heavy atom. The summed E-state index contributed by atoms with van der Waals surface area (Å²) in [6.45, 7) is 1.83. The van der Waals surface area contributed by atoms with E-state index in [1.54, 1.807) is 10.8 Å². The van der Waals surface area contributed by atoms with Crippen LogP contribution in [0, 0.1) is 6.92 Å². The minimum atomic E-state index is -0.0295. The third-order valence-corrected chi connectivity index (χ3v) is 4.20. The number of hydrogen-bond donors (Lipinski definition) is 1. The van der Waals surface area contributed by atoms with Crippen LogP contribution in [-0.4, -0.2) is 9.55 Å². The van der Waals surface area contributed by atoms with E-state index in [0.717, 1.165) is 22.4 Å². The lowest BCUT2D eigenvalue weighted by Crippen LogP contribution is -3.00. The van der Waals surface area contributed by atoms with Gasteiger partial charge in [0, 0.05) is 35.1 Å². The molecule has 0 bridgehead atoms. The van der Waals surface area contributed by atoms with Gasteiger partial charge in [-0.25, -0.2) is 4.57 Å². The predicted octanol–water partition coefficient (Wildman–Crippen LogP) is -0.443. The van der Waals surface area contributed by atoms with E-state index in [0.29, 0.717) is 11.3 Å². The van der Waals surface area contributed by atoms with E-state index in [9.17, 15) is 4.79 Å². The molecule has 3 aromatic heterocycles. The van der Waals surface area contributed by atoms with Crippen molar-refractivity contribution in [2.75, 3.05) is 5.73 Å². The first-order chi connectivity index (χ1) is 12.1. The second-order valence-electron chi connectivity index (χ2n) is 5.91. The minimum absolute atomic E-state index is 0. The maximum absolute atomic E-state index is 12.8. The molecule has 0 atom stereocenters. The van der Waals surface area contributed by atoms with E-state index >= 15 is 0 Å². The van der Waals surface area contributed by atoms with Crippen LogP contribution in [-0.2, 0) is 0 Å². The molecule has 1 aromatic carbocycles. The number of nitrogen functional groups attached to an aromatic ring is 1. The molecule has 6 heteroatoms. The molecular weight excluding hydrogens is 348 g/mol. The summed E-state index contributed by atoms with van der Waals surface area (Å²) in [6.07, 6.45) is 5.45. The molecule has 4 aromatic rings. The molecule has 4 rings (SSSR count). The molecule has 0 spiro atoms. The lowest BCUT2D eigenvalue weighted by molar-refractivity contribution is -0.597. The molecule has 0 aliphatic heterocycles. The highest BCUT2D eigenvalue weighted by Crippen LogP contribution is 2.20. The number of pyridine rings is 3. The minimum Gasteiger partial charge on any atom is -1.00 e. The van der Waals surface area contributed by atoms with Gasteiger partial charge in [-0.2, -0.15) is 0 Å². The number of hydrogen-bond acceptors (Lipinski definition) is 3. The van der Waals surface area contributed by atoms with E-state index in [-0.39, 0.29) is 18.0 Å². The molecule has 0 amide bonds. The highest BCUT2D eigenvalue weighted by molar-refractivity contribution is 5.85. The Balaban J connectivity index is 0.00000196. The summed E-state index contributed by atoms with van der Waals surface area (Å²) >= 11 is 0. The third kappa shape index (κ3) is 2.93. The van der Waals surface area contributed by atoms with Gasteiger partial charge in [0.2, 0.25) is 0 Å². The van der Waals surface area contributed by atoms with E-state index in [2.05, 4.69) is 4.98 Å². The Morgan fingerprint density at radius 2 is 1.73 bits per heavy atom. The number of rotatable bonds is 2. The van der Waals surface area contributed by atoms with Gasteiger partial charge in [0.05, 0.1) is 23.3 Å². The first-order valence-electron chi connectivity index (χ1n) is 7.99. The summed E-state index contributed by atoms with van der Waals surface area (Å²) in [5.74, 6) is 0.755. The topological polar surface area (TPSA) is 64.8 Å². The molecular formula is C20H17ClN4O. The number of fused-ring (bicyclic) bond motifs is 1. The number of benzene rings is 1. The number of nitrogens with zero attached hydrogens (tertiary/aromatic N) is 3. The molecule has 3 heterocycles. The van der Waals surface area contributed by atoms with Gasteiger partial charge in [-0.05, 0) is 30.1 Å². The number of aryl methyl sites for hydroxylation is 1. The summed E-state index contributed by atoms with van der Waals surface area (Å²) < 4.78 is 3.63. The fourth-order valence-electron chi connectivity index (χ4n) is 2.97. The van der Waals surface area contributed by atoms with Crippen LogP contribution in [0.25, 0.3) is 22.4 Å². The van der Waals surface area contributed by atoms with Crippen molar-refractivity contribution in [3.05, 3.63) is 89.1 Å². The van der Waals surface area contributed by atoms with Crippen LogP contribution in [0.15, 0.2) is 78.0 Å². The molecule has 130 valence electrons. The third-order valence-electron chi connectivity index (χ3n) is 4.20. The monoisotopic (exact) mass is 364 g/mol. The Morgan fingerprint density at radius 3 is 2.42 bits per heavy atom. The van der Waals surface area contributed by atoms with Gasteiger partial charge in [-0.3, -0.25) is 9.36 Å². The standard InChI is InChI=1S/C20H16N4O.ClH/c1-14-13-17-18(24(20(14)25)16-5-3-2-4-6-16)7-10-22-19(17)23-11-8-15(21)9-12-23;/h2-13,21H,1H3;1H. The molecule has 0 radical (unpaired) electrons. The zero-order chi connectivity index (χ0) is 17.4. The first kappa shape index (κ1) is 17.6. The van der Waals surface area contributed by atoms with Gasteiger partial charge < -0.3 is 18.1 Å². The Bertz CT molecular complexity index is 1120. The number of aromatic nitrogens is 3. The zero-order valence-corrected chi connectivity index (χ0v) is 14.9. The molecule has 0 saturated heterocycles. The number of anilines is 1. The SMILES string of the molecule is Cc1cc2c(-[n+]3ccc(N)cc3)nccc2n(-c2ccccc2)c1=O.[Cl-]. The van der Waals surface area contributed by atoms with Crippen LogP contribution in [0.5, 0.6) is 0 Å². The van der Waals surface area contributed by atoms with Crippen LogP contribution in [0.3, 0.4) is 0 Å². The number of nitrogens with two attached hydrogens (primary N) is 1. The summed E-state index contributed by atoms with van der Waals surface area (Å²) in [4.78, 5) is 17.3. The van der Waals surface area contributed by atoms with Gasteiger partial charge in [0.15, 0.2) is 0 Å². The van der Waals surface area contributed by atoms with Crippen molar-refractivity contribution in [3.8, 4) is 11.5 Å². The van der Waals surface area contributed by atoms with Crippen LogP contribution in [0.2, 0.25) is 0 Å². The molecule has 2 N–H and O–H groups in total. The molecule has 5 nitrogen and oxygen atoms in total. The lowest BCUT2D eigenvalue weighted by atomic mass is 10.1. The van der Waals surface area contributed by atoms with Gasteiger partial charge in [0.25, 0.3) is 5.56 Å². The second-order valence-corrected chi connectivity index (χ2v) is 5.91. The Kier molecular flexibility index (Phi) is 4.73. The molecule has 0 aliphatic carbocycles. The summed E-state index contributed by atoms with van der Waals surface area (Å²) in [5, 5.41) is 0.901. The second kappa shape index (κ2) is 6.98. The summed E-state index contributed by atoms with van der Waals surface area (Å²) in [6, 6.07) is 17.0. The highest BCUT2D eigenvalue weighted by atomic mass is 35.5. The summed E-state index contributed by atoms with van der Waals surface area (Å²) in [7, 11) is 0. The molecule has 0 saturated carbocycles. The van der Waals surface area contributed by atoms with E-state index in [4.69, 9.17) is 5.73 Å². The number of halogens is 1. The normalized spacial score (nSPS) is 10.5. The van der Waals surface area contributed by atoms with Gasteiger partial charge in [0.1, 0.15) is 6.20 Å². The van der Waals surface area contributed by atoms with Crippen LogP contribution < -0.4 is 28.3 Å². The zero-order valence-electron chi connectivity index (χ0n) is 14.1. The average molecular weight is 365 g/mol. The highest BCUT2D eigenvalue weighted by Gasteiger charge is 2.18. The Hall–Kier alpha value is -3.18. The lowest BCUT2D eigenvalue weighted by Gasteiger charge is -2.11. The van der Waals surface area contributed by atoms with E-state index in [1.807, 2.05) is 78.5 Å². The summed E-state index contributed by atoms with van der Waals surface area (Å²) in [5.41, 5.74) is 8.76. The maximum atomic E-state index is 12.8. The molecule has 26 heavy (non-hydrogen) atoms. The van der Waals surface area contributed by atoms with Gasteiger partial charge >= 0.3 is 5.82 Å². The maximum Gasteiger partial charge on any atom is 0.336 e.